The van der Waals surface area contributed by atoms with Crippen molar-refractivity contribution < 1.29 is 8.42 Å². The van der Waals surface area contributed by atoms with Crippen LogP contribution in [0, 0.1) is 20.8 Å². The van der Waals surface area contributed by atoms with Gasteiger partial charge in [0.2, 0.25) is 10.0 Å². The summed E-state index contributed by atoms with van der Waals surface area (Å²) in [6.45, 7) is 6.55. The van der Waals surface area contributed by atoms with Gasteiger partial charge in [0.15, 0.2) is 5.65 Å². The maximum absolute atomic E-state index is 12.8. The van der Waals surface area contributed by atoms with Gasteiger partial charge in [-0.3, -0.25) is 0 Å². The third kappa shape index (κ3) is 4.13. The lowest BCUT2D eigenvalue weighted by atomic mass is 10.1. The summed E-state index contributed by atoms with van der Waals surface area (Å²) in [6, 6.07) is 17.1. The highest BCUT2D eigenvalue weighted by Gasteiger charge is 2.18. The van der Waals surface area contributed by atoms with E-state index < -0.39 is 10.0 Å². The average Bonchev–Trinajstić information content (AvgIpc) is 3.08. The van der Waals surface area contributed by atoms with Crippen LogP contribution in [0.3, 0.4) is 0 Å². The Bertz CT molecular complexity index is 1310. The maximum atomic E-state index is 12.8. The first-order valence-corrected chi connectivity index (χ1v) is 11.2. The van der Waals surface area contributed by atoms with E-state index in [2.05, 4.69) is 39.0 Å². The Morgan fingerprint density at radius 1 is 0.967 bits per heavy atom. The topological polar surface area (TPSA) is 76.9 Å². The summed E-state index contributed by atoms with van der Waals surface area (Å²) in [5.41, 5.74) is 5.76. The molecule has 6 nitrogen and oxygen atoms in total. The SMILES string of the molecule is Cc1ccc(Cn2c(CNS(=O)(=O)c3ccc(C)c(C)c3)nc3cccnc32)cc1. The minimum Gasteiger partial charge on any atom is -0.307 e. The number of rotatable bonds is 6. The second kappa shape index (κ2) is 8.01. The van der Waals surface area contributed by atoms with Crippen LogP contribution < -0.4 is 4.72 Å². The van der Waals surface area contributed by atoms with Gasteiger partial charge in [0, 0.05) is 6.20 Å². The van der Waals surface area contributed by atoms with E-state index in [0.717, 1.165) is 27.9 Å². The van der Waals surface area contributed by atoms with Crippen LogP contribution in [0.2, 0.25) is 0 Å². The van der Waals surface area contributed by atoms with Gasteiger partial charge in [0.25, 0.3) is 0 Å². The third-order valence-electron chi connectivity index (χ3n) is 5.25. The number of fused-ring (bicyclic) bond motifs is 1. The number of imidazole rings is 1. The summed E-state index contributed by atoms with van der Waals surface area (Å²) in [4.78, 5) is 9.35. The minimum atomic E-state index is -3.65. The van der Waals surface area contributed by atoms with E-state index in [1.54, 1.807) is 18.3 Å². The van der Waals surface area contributed by atoms with Crippen molar-refractivity contribution in [3.8, 4) is 0 Å². The molecule has 1 N–H and O–H groups in total. The van der Waals surface area contributed by atoms with Gasteiger partial charge in [0.1, 0.15) is 11.3 Å². The van der Waals surface area contributed by atoms with Crippen LogP contribution in [0.1, 0.15) is 28.1 Å². The Balaban J connectivity index is 1.65. The molecule has 0 saturated heterocycles. The predicted molar refractivity (Wildman–Crippen MR) is 118 cm³/mol. The van der Waals surface area contributed by atoms with Gasteiger partial charge in [-0.15, -0.1) is 0 Å². The predicted octanol–water partition coefficient (Wildman–Crippen LogP) is 3.88. The molecule has 0 unspecified atom stereocenters. The molecule has 4 rings (SSSR count). The van der Waals surface area contributed by atoms with Crippen molar-refractivity contribution in [1.29, 1.82) is 0 Å². The lowest BCUT2D eigenvalue weighted by molar-refractivity contribution is 0.576. The molecule has 0 amide bonds. The van der Waals surface area contributed by atoms with Gasteiger partial charge in [-0.25, -0.2) is 23.1 Å². The van der Waals surface area contributed by atoms with Crippen LogP contribution in [0.15, 0.2) is 65.7 Å². The highest BCUT2D eigenvalue weighted by Crippen LogP contribution is 2.18. The Hall–Kier alpha value is -3.03. The number of hydrogen-bond acceptors (Lipinski definition) is 4. The molecule has 0 saturated carbocycles. The minimum absolute atomic E-state index is 0.0808. The summed E-state index contributed by atoms with van der Waals surface area (Å²) in [5.74, 6) is 0.622. The lowest BCUT2D eigenvalue weighted by Gasteiger charge is -2.11. The van der Waals surface area contributed by atoms with E-state index in [1.165, 1.54) is 5.56 Å². The Labute approximate surface area is 176 Å². The first kappa shape index (κ1) is 20.3. The van der Waals surface area contributed by atoms with Crippen molar-refractivity contribution in [3.05, 3.63) is 88.9 Å². The highest BCUT2D eigenvalue weighted by molar-refractivity contribution is 7.89. The number of pyridine rings is 1. The molecule has 0 atom stereocenters. The fourth-order valence-electron chi connectivity index (χ4n) is 3.31. The first-order chi connectivity index (χ1) is 14.3. The molecular weight excluding hydrogens is 396 g/mol. The number of nitrogens with zero attached hydrogens (tertiary/aromatic N) is 3. The van der Waals surface area contributed by atoms with Crippen LogP contribution in [0.25, 0.3) is 11.2 Å². The summed E-state index contributed by atoms with van der Waals surface area (Å²) in [6.07, 6.45) is 1.72. The normalized spacial score (nSPS) is 11.8. The number of nitrogens with one attached hydrogen (secondary N) is 1. The van der Waals surface area contributed by atoms with E-state index in [-0.39, 0.29) is 11.4 Å². The smallest absolute Gasteiger partial charge is 0.240 e. The zero-order chi connectivity index (χ0) is 21.3. The summed E-state index contributed by atoms with van der Waals surface area (Å²) in [7, 11) is -3.65. The molecule has 0 fully saturated rings. The fourth-order valence-corrected chi connectivity index (χ4v) is 4.37. The van der Waals surface area contributed by atoms with Gasteiger partial charge in [-0.1, -0.05) is 35.9 Å². The molecule has 0 bridgehead atoms. The van der Waals surface area contributed by atoms with Gasteiger partial charge in [0.05, 0.1) is 18.0 Å². The Kier molecular flexibility index (Phi) is 5.40. The fraction of sp³-hybridized carbons (Fsp3) is 0.217. The number of aryl methyl sites for hydroxylation is 3. The standard InChI is InChI=1S/C23H24N4O2S/c1-16-6-9-19(10-7-16)15-27-22(26-21-5-4-12-24-23(21)27)14-25-30(28,29)20-11-8-17(2)18(3)13-20/h4-13,25H,14-15H2,1-3H3. The van der Waals surface area contributed by atoms with Gasteiger partial charge < -0.3 is 4.57 Å². The second-order valence-electron chi connectivity index (χ2n) is 7.52. The molecule has 2 heterocycles. The van der Waals surface area contributed by atoms with E-state index in [9.17, 15) is 8.42 Å². The van der Waals surface area contributed by atoms with Crippen LogP contribution in [-0.4, -0.2) is 23.0 Å². The monoisotopic (exact) mass is 420 g/mol. The van der Waals surface area contributed by atoms with E-state index in [4.69, 9.17) is 0 Å². The van der Waals surface area contributed by atoms with Gasteiger partial charge >= 0.3 is 0 Å². The Morgan fingerprint density at radius 2 is 1.73 bits per heavy atom. The van der Waals surface area contributed by atoms with Crippen LogP contribution in [0.4, 0.5) is 0 Å². The summed E-state index contributed by atoms with van der Waals surface area (Å²) >= 11 is 0. The number of sulfonamides is 1. The number of benzene rings is 2. The third-order valence-corrected chi connectivity index (χ3v) is 6.65. The summed E-state index contributed by atoms with van der Waals surface area (Å²) in [5, 5.41) is 0. The van der Waals surface area contributed by atoms with Gasteiger partial charge in [-0.05, 0) is 61.7 Å². The second-order valence-corrected chi connectivity index (χ2v) is 9.28. The van der Waals surface area contributed by atoms with Crippen molar-refractivity contribution in [1.82, 2.24) is 19.3 Å². The zero-order valence-electron chi connectivity index (χ0n) is 17.3. The number of aromatic nitrogens is 3. The first-order valence-electron chi connectivity index (χ1n) is 9.76. The molecule has 0 aliphatic carbocycles. The molecule has 7 heteroatoms. The molecule has 2 aromatic heterocycles. The van der Waals surface area contributed by atoms with E-state index in [1.807, 2.05) is 43.5 Å². The van der Waals surface area contributed by atoms with Crippen LogP contribution in [-0.2, 0) is 23.1 Å². The average molecular weight is 421 g/mol. The molecule has 0 spiro atoms. The zero-order valence-corrected chi connectivity index (χ0v) is 18.1. The van der Waals surface area contributed by atoms with Crippen molar-refractivity contribution in [3.63, 3.8) is 0 Å². The molecule has 0 radical (unpaired) electrons. The molecule has 0 aliphatic heterocycles. The van der Waals surface area contributed by atoms with Crippen molar-refractivity contribution in [2.75, 3.05) is 0 Å². The molecule has 2 aromatic carbocycles. The van der Waals surface area contributed by atoms with Gasteiger partial charge in [-0.2, -0.15) is 0 Å². The van der Waals surface area contributed by atoms with E-state index in [0.29, 0.717) is 12.4 Å². The molecule has 154 valence electrons. The van der Waals surface area contributed by atoms with Crippen molar-refractivity contribution >= 4 is 21.2 Å². The quantitative estimate of drug-likeness (QED) is 0.513. The highest BCUT2D eigenvalue weighted by atomic mass is 32.2. The molecule has 0 aliphatic rings. The summed E-state index contributed by atoms with van der Waals surface area (Å²) < 4.78 is 30.3. The molecular formula is C23H24N4O2S. The largest absolute Gasteiger partial charge is 0.307 e. The van der Waals surface area contributed by atoms with Crippen molar-refractivity contribution in [2.24, 2.45) is 0 Å². The van der Waals surface area contributed by atoms with Crippen LogP contribution in [0.5, 0.6) is 0 Å². The Morgan fingerprint density at radius 3 is 2.47 bits per heavy atom. The molecule has 30 heavy (non-hydrogen) atoms. The van der Waals surface area contributed by atoms with Crippen LogP contribution >= 0.6 is 0 Å². The lowest BCUT2D eigenvalue weighted by Crippen LogP contribution is -2.25. The molecule has 4 aromatic rings. The number of hydrogen-bond donors (Lipinski definition) is 1. The van der Waals surface area contributed by atoms with E-state index >= 15 is 0 Å². The van der Waals surface area contributed by atoms with Crippen molar-refractivity contribution in [2.45, 2.75) is 38.8 Å². The maximum Gasteiger partial charge on any atom is 0.240 e.